The summed E-state index contributed by atoms with van der Waals surface area (Å²) in [6, 6.07) is 16.2. The first-order valence-corrected chi connectivity index (χ1v) is 7.92. The molecule has 4 nitrogen and oxygen atoms in total. The van der Waals surface area contributed by atoms with Crippen molar-refractivity contribution in [2.24, 2.45) is 0 Å². The number of carbonyl (C=O) groups excluding carboxylic acids is 2. The highest BCUT2D eigenvalue weighted by Crippen LogP contribution is 2.20. The molecule has 0 aliphatic carbocycles. The van der Waals surface area contributed by atoms with Gasteiger partial charge in [0.15, 0.2) is 0 Å². The molecule has 0 aliphatic rings. The zero-order valence-electron chi connectivity index (χ0n) is 12.2. The van der Waals surface area contributed by atoms with E-state index in [-0.39, 0.29) is 11.7 Å². The molecule has 1 amide bonds. The fourth-order valence-corrected chi connectivity index (χ4v) is 3.01. The highest BCUT2D eigenvalue weighted by Gasteiger charge is 2.12. The number of pyridine rings is 1. The summed E-state index contributed by atoms with van der Waals surface area (Å²) in [5, 5.41) is 2.84. The van der Waals surface area contributed by atoms with E-state index in [1.807, 2.05) is 24.3 Å². The SMILES string of the molecule is O=C(NCc1ccc(C(=O)c2ccccc2)s1)c1ccncc1. The molecular weight excluding hydrogens is 308 g/mol. The number of ketones is 1. The number of thiophene rings is 1. The molecular formula is C18H14N2O2S. The maximum Gasteiger partial charge on any atom is 0.251 e. The Bertz CT molecular complexity index is 813. The molecule has 0 atom stereocenters. The zero-order valence-corrected chi connectivity index (χ0v) is 13.0. The lowest BCUT2D eigenvalue weighted by atomic mass is 10.1. The number of benzene rings is 1. The van der Waals surface area contributed by atoms with Crippen molar-refractivity contribution >= 4 is 23.0 Å². The molecule has 1 N–H and O–H groups in total. The first-order valence-electron chi connectivity index (χ1n) is 7.11. The van der Waals surface area contributed by atoms with Crippen molar-refractivity contribution in [2.75, 3.05) is 0 Å². The predicted molar refractivity (Wildman–Crippen MR) is 89.6 cm³/mol. The van der Waals surface area contributed by atoms with Crippen LogP contribution in [-0.2, 0) is 6.54 Å². The van der Waals surface area contributed by atoms with E-state index in [0.717, 1.165) is 4.88 Å². The third kappa shape index (κ3) is 3.70. The van der Waals surface area contributed by atoms with Crippen LogP contribution in [0.1, 0.15) is 30.5 Å². The molecule has 1 aromatic carbocycles. The highest BCUT2D eigenvalue weighted by atomic mass is 32.1. The van der Waals surface area contributed by atoms with E-state index in [1.165, 1.54) is 11.3 Å². The third-order valence-electron chi connectivity index (χ3n) is 3.29. The van der Waals surface area contributed by atoms with E-state index in [0.29, 0.717) is 22.5 Å². The molecule has 0 fully saturated rings. The Morgan fingerprint density at radius 1 is 0.913 bits per heavy atom. The van der Waals surface area contributed by atoms with Crippen LogP contribution in [0.15, 0.2) is 67.0 Å². The standard InChI is InChI=1S/C18H14N2O2S/c21-17(13-4-2-1-3-5-13)16-7-6-15(23-16)12-20-18(22)14-8-10-19-11-9-14/h1-11H,12H2,(H,20,22). The molecule has 0 bridgehead atoms. The Labute approximate surface area is 137 Å². The van der Waals surface area contributed by atoms with Crippen molar-refractivity contribution in [3.8, 4) is 0 Å². The molecule has 2 heterocycles. The van der Waals surface area contributed by atoms with Gasteiger partial charge in [-0.2, -0.15) is 0 Å². The van der Waals surface area contributed by atoms with Gasteiger partial charge in [-0.3, -0.25) is 14.6 Å². The van der Waals surface area contributed by atoms with Gasteiger partial charge in [0, 0.05) is 28.4 Å². The Balaban J connectivity index is 1.64. The van der Waals surface area contributed by atoms with Gasteiger partial charge in [0.25, 0.3) is 5.91 Å². The topological polar surface area (TPSA) is 59.1 Å². The number of hydrogen-bond acceptors (Lipinski definition) is 4. The van der Waals surface area contributed by atoms with Crippen LogP contribution in [0.4, 0.5) is 0 Å². The van der Waals surface area contributed by atoms with Crippen LogP contribution < -0.4 is 5.32 Å². The minimum atomic E-state index is -0.156. The number of aromatic nitrogens is 1. The summed E-state index contributed by atoms with van der Waals surface area (Å²) in [5.74, 6) is -0.154. The summed E-state index contributed by atoms with van der Waals surface area (Å²) in [6.07, 6.45) is 3.16. The Morgan fingerprint density at radius 2 is 1.65 bits per heavy atom. The summed E-state index contributed by atoms with van der Waals surface area (Å²) in [6.45, 7) is 0.397. The maximum atomic E-state index is 12.3. The van der Waals surface area contributed by atoms with Gasteiger partial charge in [-0.1, -0.05) is 30.3 Å². The summed E-state index contributed by atoms with van der Waals surface area (Å²) < 4.78 is 0. The van der Waals surface area contributed by atoms with E-state index in [2.05, 4.69) is 10.3 Å². The first-order chi connectivity index (χ1) is 11.2. The van der Waals surface area contributed by atoms with Crippen molar-refractivity contribution in [3.05, 3.63) is 87.9 Å². The quantitative estimate of drug-likeness (QED) is 0.733. The van der Waals surface area contributed by atoms with E-state index >= 15 is 0 Å². The van der Waals surface area contributed by atoms with Gasteiger partial charge in [0.1, 0.15) is 0 Å². The largest absolute Gasteiger partial charge is 0.347 e. The van der Waals surface area contributed by atoms with Crippen LogP contribution in [0.3, 0.4) is 0 Å². The highest BCUT2D eigenvalue weighted by molar-refractivity contribution is 7.14. The number of nitrogens with one attached hydrogen (secondary N) is 1. The molecule has 114 valence electrons. The molecule has 3 aromatic rings. The maximum absolute atomic E-state index is 12.3. The van der Waals surface area contributed by atoms with Gasteiger partial charge in [-0.05, 0) is 24.3 Å². The van der Waals surface area contributed by atoms with Crippen molar-refractivity contribution in [1.82, 2.24) is 10.3 Å². The fraction of sp³-hybridized carbons (Fsp3) is 0.0556. The van der Waals surface area contributed by atoms with Gasteiger partial charge in [-0.25, -0.2) is 0 Å². The lowest BCUT2D eigenvalue weighted by Gasteiger charge is -2.03. The Kier molecular flexibility index (Phi) is 4.59. The van der Waals surface area contributed by atoms with Gasteiger partial charge >= 0.3 is 0 Å². The molecule has 0 unspecified atom stereocenters. The van der Waals surface area contributed by atoms with Gasteiger partial charge in [-0.15, -0.1) is 11.3 Å². The number of rotatable bonds is 5. The lowest BCUT2D eigenvalue weighted by molar-refractivity contribution is 0.0950. The van der Waals surface area contributed by atoms with Crippen LogP contribution in [0.5, 0.6) is 0 Å². The van der Waals surface area contributed by atoms with E-state index in [9.17, 15) is 9.59 Å². The molecule has 5 heteroatoms. The molecule has 23 heavy (non-hydrogen) atoms. The summed E-state index contributed by atoms with van der Waals surface area (Å²) in [5.41, 5.74) is 1.24. The predicted octanol–water partition coefficient (Wildman–Crippen LogP) is 3.30. The van der Waals surface area contributed by atoms with Crippen molar-refractivity contribution in [3.63, 3.8) is 0 Å². The second-order valence-corrected chi connectivity index (χ2v) is 6.05. The molecule has 3 rings (SSSR count). The van der Waals surface area contributed by atoms with Gasteiger partial charge in [0.2, 0.25) is 5.78 Å². The second kappa shape index (κ2) is 6.98. The number of amides is 1. The first kappa shape index (κ1) is 15.1. The monoisotopic (exact) mass is 322 g/mol. The second-order valence-electron chi connectivity index (χ2n) is 4.88. The van der Waals surface area contributed by atoms with Crippen LogP contribution in [-0.4, -0.2) is 16.7 Å². The molecule has 2 aromatic heterocycles. The average molecular weight is 322 g/mol. The minimum absolute atomic E-state index is 0.00214. The average Bonchev–Trinajstić information content (AvgIpc) is 3.09. The zero-order chi connectivity index (χ0) is 16.1. The van der Waals surface area contributed by atoms with E-state index < -0.39 is 0 Å². The van der Waals surface area contributed by atoms with Gasteiger partial charge < -0.3 is 5.32 Å². The smallest absolute Gasteiger partial charge is 0.251 e. The third-order valence-corrected chi connectivity index (χ3v) is 4.37. The summed E-state index contributed by atoms with van der Waals surface area (Å²) in [7, 11) is 0. The van der Waals surface area contributed by atoms with Gasteiger partial charge in [0.05, 0.1) is 11.4 Å². The molecule has 0 saturated carbocycles. The van der Waals surface area contributed by atoms with E-state index in [4.69, 9.17) is 0 Å². The van der Waals surface area contributed by atoms with Crippen LogP contribution in [0.2, 0.25) is 0 Å². The number of nitrogens with zero attached hydrogens (tertiary/aromatic N) is 1. The molecule has 0 saturated heterocycles. The summed E-state index contributed by atoms with van der Waals surface area (Å²) in [4.78, 5) is 29.8. The molecule has 0 aliphatic heterocycles. The van der Waals surface area contributed by atoms with Crippen molar-refractivity contribution in [2.45, 2.75) is 6.54 Å². The normalized spacial score (nSPS) is 10.3. The molecule has 0 spiro atoms. The molecule has 0 radical (unpaired) electrons. The Morgan fingerprint density at radius 3 is 2.39 bits per heavy atom. The number of hydrogen-bond donors (Lipinski definition) is 1. The number of carbonyl (C=O) groups is 2. The minimum Gasteiger partial charge on any atom is -0.347 e. The van der Waals surface area contributed by atoms with Crippen molar-refractivity contribution < 1.29 is 9.59 Å². The van der Waals surface area contributed by atoms with E-state index in [1.54, 1.807) is 42.7 Å². The van der Waals surface area contributed by atoms with Crippen molar-refractivity contribution in [1.29, 1.82) is 0 Å². The van der Waals surface area contributed by atoms with Crippen LogP contribution >= 0.6 is 11.3 Å². The fourth-order valence-electron chi connectivity index (χ4n) is 2.10. The Hall–Kier alpha value is -2.79. The van der Waals surface area contributed by atoms with Crippen LogP contribution in [0.25, 0.3) is 0 Å². The van der Waals surface area contributed by atoms with Crippen LogP contribution in [0, 0.1) is 0 Å². The lowest BCUT2D eigenvalue weighted by Crippen LogP contribution is -2.22. The summed E-state index contributed by atoms with van der Waals surface area (Å²) >= 11 is 1.40.